The number of carbonyl (C=O) groups is 1. The summed E-state index contributed by atoms with van der Waals surface area (Å²) in [6.07, 6.45) is 2.95. The molecule has 0 atom stereocenters. The molecule has 0 aliphatic carbocycles. The van der Waals surface area contributed by atoms with E-state index in [0.29, 0.717) is 17.0 Å². The second kappa shape index (κ2) is 6.20. The van der Waals surface area contributed by atoms with Crippen LogP contribution in [0.25, 0.3) is 22.4 Å². The van der Waals surface area contributed by atoms with Gasteiger partial charge in [0.05, 0.1) is 26.1 Å². The van der Waals surface area contributed by atoms with Gasteiger partial charge in [0.15, 0.2) is 11.2 Å². The normalized spacial score (nSPS) is 11.1. The number of aryl methyl sites for hydroxylation is 1. The van der Waals surface area contributed by atoms with Gasteiger partial charge in [-0.25, -0.2) is 9.31 Å². The third-order valence-electron chi connectivity index (χ3n) is 4.26. The molecular formula is C18H15N5O4. The van der Waals surface area contributed by atoms with E-state index in [9.17, 15) is 9.59 Å². The van der Waals surface area contributed by atoms with E-state index in [1.807, 2.05) is 19.1 Å². The number of aromatic nitrogens is 5. The number of pyridine rings is 1. The Balaban J connectivity index is 1.99. The van der Waals surface area contributed by atoms with Crippen LogP contribution in [-0.2, 0) is 4.74 Å². The molecule has 3 aromatic heterocycles. The molecule has 0 saturated heterocycles. The van der Waals surface area contributed by atoms with Crippen molar-refractivity contribution in [2.24, 2.45) is 0 Å². The van der Waals surface area contributed by atoms with E-state index in [1.54, 1.807) is 25.4 Å². The molecule has 0 aliphatic heterocycles. The monoisotopic (exact) mass is 365 g/mol. The van der Waals surface area contributed by atoms with E-state index in [0.717, 1.165) is 5.56 Å². The maximum absolute atomic E-state index is 13.0. The molecule has 1 aromatic carbocycles. The van der Waals surface area contributed by atoms with Crippen LogP contribution in [0.15, 0.2) is 41.5 Å². The lowest BCUT2D eigenvalue weighted by Gasteiger charge is -2.12. The molecule has 0 radical (unpaired) electrons. The van der Waals surface area contributed by atoms with Crippen molar-refractivity contribution < 1.29 is 14.3 Å². The summed E-state index contributed by atoms with van der Waals surface area (Å²) in [6, 6.07) is 7.23. The molecule has 0 N–H and O–H groups in total. The standard InChI is InChI=1S/C18H15N5O4/c1-10-4-5-14(26-2)13(8-10)22-7-6-12-15(17(22)24)20-21-16-11(18(25)27-3)9-19-23(12)16/h4-9H,1-3H3. The van der Waals surface area contributed by atoms with Gasteiger partial charge in [-0.05, 0) is 30.7 Å². The average molecular weight is 365 g/mol. The van der Waals surface area contributed by atoms with Crippen LogP contribution in [0.2, 0.25) is 0 Å². The van der Waals surface area contributed by atoms with Gasteiger partial charge in [-0.1, -0.05) is 6.07 Å². The van der Waals surface area contributed by atoms with E-state index in [1.165, 1.54) is 22.4 Å². The number of methoxy groups -OCH3 is 2. The molecule has 9 heteroatoms. The topological polar surface area (TPSA) is 101 Å². The molecule has 0 bridgehead atoms. The fourth-order valence-corrected chi connectivity index (χ4v) is 2.92. The summed E-state index contributed by atoms with van der Waals surface area (Å²) in [6.45, 7) is 1.93. The van der Waals surface area contributed by atoms with Crippen LogP contribution in [0.1, 0.15) is 15.9 Å². The fourth-order valence-electron chi connectivity index (χ4n) is 2.92. The Bertz CT molecular complexity index is 1260. The summed E-state index contributed by atoms with van der Waals surface area (Å²) in [5.74, 6) is -0.0142. The quantitative estimate of drug-likeness (QED) is 0.508. The zero-order valence-electron chi connectivity index (χ0n) is 14.8. The predicted molar refractivity (Wildman–Crippen MR) is 96.5 cm³/mol. The zero-order chi connectivity index (χ0) is 19.1. The smallest absolute Gasteiger partial charge is 0.343 e. The number of benzene rings is 1. The number of nitrogens with zero attached hydrogens (tertiary/aromatic N) is 5. The van der Waals surface area contributed by atoms with Crippen LogP contribution in [0.5, 0.6) is 5.75 Å². The zero-order valence-corrected chi connectivity index (χ0v) is 14.8. The number of esters is 1. The molecule has 0 spiro atoms. The van der Waals surface area contributed by atoms with Crippen LogP contribution in [0.4, 0.5) is 0 Å². The lowest BCUT2D eigenvalue weighted by Crippen LogP contribution is -2.21. The second-order valence-corrected chi connectivity index (χ2v) is 5.89. The van der Waals surface area contributed by atoms with Crippen molar-refractivity contribution in [3.8, 4) is 11.4 Å². The number of hydrogen-bond acceptors (Lipinski definition) is 7. The lowest BCUT2D eigenvalue weighted by atomic mass is 10.2. The molecule has 9 nitrogen and oxygen atoms in total. The van der Waals surface area contributed by atoms with Gasteiger partial charge in [-0.2, -0.15) is 5.10 Å². The Morgan fingerprint density at radius 3 is 2.70 bits per heavy atom. The maximum Gasteiger partial charge on any atom is 0.343 e. The lowest BCUT2D eigenvalue weighted by molar-refractivity contribution is 0.0602. The van der Waals surface area contributed by atoms with Crippen LogP contribution in [-0.4, -0.2) is 44.6 Å². The molecule has 0 aliphatic rings. The van der Waals surface area contributed by atoms with E-state index >= 15 is 0 Å². The molecule has 4 rings (SSSR count). The highest BCUT2D eigenvalue weighted by Crippen LogP contribution is 2.23. The van der Waals surface area contributed by atoms with Crippen molar-refractivity contribution in [2.45, 2.75) is 6.92 Å². The first kappa shape index (κ1) is 16.7. The van der Waals surface area contributed by atoms with Crippen molar-refractivity contribution in [1.29, 1.82) is 0 Å². The van der Waals surface area contributed by atoms with Gasteiger partial charge in [-0.15, -0.1) is 10.2 Å². The van der Waals surface area contributed by atoms with Gasteiger partial charge in [0.1, 0.15) is 16.8 Å². The van der Waals surface area contributed by atoms with Gasteiger partial charge < -0.3 is 9.47 Å². The first-order chi connectivity index (χ1) is 13.0. The summed E-state index contributed by atoms with van der Waals surface area (Å²) < 4.78 is 12.9. The van der Waals surface area contributed by atoms with Gasteiger partial charge in [0.2, 0.25) is 0 Å². The Morgan fingerprint density at radius 1 is 1.15 bits per heavy atom. The maximum atomic E-state index is 13.0. The number of fused-ring (bicyclic) bond motifs is 3. The highest BCUT2D eigenvalue weighted by Gasteiger charge is 2.19. The molecule has 3 heterocycles. The molecule has 0 fully saturated rings. The first-order valence-electron chi connectivity index (χ1n) is 8.04. The van der Waals surface area contributed by atoms with Crippen molar-refractivity contribution >= 4 is 22.6 Å². The van der Waals surface area contributed by atoms with E-state index < -0.39 is 5.97 Å². The summed E-state index contributed by atoms with van der Waals surface area (Å²) in [5.41, 5.74) is 2.16. The van der Waals surface area contributed by atoms with Gasteiger partial charge in [0, 0.05) is 6.20 Å². The third kappa shape index (κ3) is 2.51. The van der Waals surface area contributed by atoms with Crippen LogP contribution in [0.3, 0.4) is 0 Å². The van der Waals surface area contributed by atoms with E-state index in [4.69, 9.17) is 9.47 Å². The highest BCUT2D eigenvalue weighted by atomic mass is 16.5. The molecule has 136 valence electrons. The minimum absolute atomic E-state index is 0.119. The molecule has 0 amide bonds. The summed E-state index contributed by atoms with van der Waals surface area (Å²) in [5, 5.41) is 12.2. The Hall–Kier alpha value is -3.75. The minimum Gasteiger partial charge on any atom is -0.495 e. The van der Waals surface area contributed by atoms with Crippen molar-refractivity contribution in [1.82, 2.24) is 24.4 Å². The number of hydrogen-bond donors (Lipinski definition) is 0. The Kier molecular flexibility index (Phi) is 3.84. The highest BCUT2D eigenvalue weighted by molar-refractivity contribution is 5.96. The first-order valence-corrected chi connectivity index (χ1v) is 8.04. The van der Waals surface area contributed by atoms with E-state index in [-0.39, 0.29) is 22.3 Å². The Labute approximate surface area is 152 Å². The average Bonchev–Trinajstić information content (AvgIpc) is 3.12. The van der Waals surface area contributed by atoms with Crippen LogP contribution in [0, 0.1) is 6.92 Å². The molecular weight excluding hydrogens is 350 g/mol. The van der Waals surface area contributed by atoms with E-state index in [2.05, 4.69) is 15.3 Å². The number of carbonyl (C=O) groups excluding carboxylic acids is 1. The van der Waals surface area contributed by atoms with Crippen molar-refractivity contribution in [3.05, 3.63) is 58.1 Å². The molecule has 27 heavy (non-hydrogen) atoms. The largest absolute Gasteiger partial charge is 0.495 e. The fraction of sp³-hybridized carbons (Fsp3) is 0.167. The molecule has 0 unspecified atom stereocenters. The third-order valence-corrected chi connectivity index (χ3v) is 4.26. The molecule has 0 saturated carbocycles. The van der Waals surface area contributed by atoms with Crippen LogP contribution >= 0.6 is 0 Å². The van der Waals surface area contributed by atoms with Gasteiger partial charge in [0.25, 0.3) is 5.56 Å². The van der Waals surface area contributed by atoms with Gasteiger partial charge in [-0.3, -0.25) is 9.36 Å². The second-order valence-electron chi connectivity index (χ2n) is 5.89. The minimum atomic E-state index is -0.573. The predicted octanol–water partition coefficient (Wildman–Crippen LogP) is 1.53. The van der Waals surface area contributed by atoms with Gasteiger partial charge >= 0.3 is 5.97 Å². The summed E-state index contributed by atoms with van der Waals surface area (Å²) >= 11 is 0. The SMILES string of the molecule is COC(=O)c1cnn2c1nnc1c(=O)n(-c3cc(C)ccc3OC)ccc12. The van der Waals surface area contributed by atoms with Crippen molar-refractivity contribution in [3.63, 3.8) is 0 Å². The number of rotatable bonds is 3. The summed E-state index contributed by atoms with van der Waals surface area (Å²) in [4.78, 5) is 24.8. The summed E-state index contributed by atoms with van der Waals surface area (Å²) in [7, 11) is 2.82. The number of ether oxygens (including phenoxy) is 2. The molecule has 4 aromatic rings. The van der Waals surface area contributed by atoms with Crippen molar-refractivity contribution in [2.75, 3.05) is 14.2 Å². The van der Waals surface area contributed by atoms with Crippen LogP contribution < -0.4 is 10.3 Å². The Morgan fingerprint density at radius 2 is 1.96 bits per heavy atom.